The van der Waals surface area contributed by atoms with Gasteiger partial charge in [-0.1, -0.05) is 51.2 Å². The number of ether oxygens (including phenoxy) is 3. The number of rotatable bonds is 19. The number of nitrogens with one attached hydrogen (secondary N) is 2. The second-order valence-corrected chi connectivity index (χ2v) is 14.4. The minimum atomic E-state index is -0.596. The minimum absolute atomic E-state index is 0.0224. The summed E-state index contributed by atoms with van der Waals surface area (Å²) in [7, 11) is 0. The molecule has 3 rings (SSSR count). The molecule has 0 radical (unpaired) electrons. The summed E-state index contributed by atoms with van der Waals surface area (Å²) in [6.07, 6.45) is 22.2. The number of carbonyl (C=O) groups excluding carboxylic acids is 1. The number of hydrogen-bond acceptors (Lipinski definition) is 9. The van der Waals surface area contributed by atoms with E-state index in [0.29, 0.717) is 56.4 Å². The molecule has 1 saturated carbocycles. The zero-order valence-electron chi connectivity index (χ0n) is 28.2. The number of aliphatic hydroxyl groups is 1. The Labute approximate surface area is 290 Å². The maximum absolute atomic E-state index is 12.8. The van der Waals surface area contributed by atoms with Gasteiger partial charge in [0.1, 0.15) is 11.9 Å². The molecule has 0 aromatic rings. The van der Waals surface area contributed by atoms with Crippen LogP contribution in [0, 0.1) is 35.5 Å². The number of terminal acetylenes is 1. The van der Waals surface area contributed by atoms with E-state index in [1.165, 1.54) is 6.42 Å². The first kappa shape index (κ1) is 38.9. The van der Waals surface area contributed by atoms with E-state index in [1.807, 2.05) is 19.1 Å². The molecule has 0 spiro atoms. The third-order valence-corrected chi connectivity index (χ3v) is 10.8. The zero-order chi connectivity index (χ0) is 33.4. The number of likely N-dealkylation sites (tertiary alicyclic amines) is 1. The molecule has 8 atom stereocenters. The Kier molecular flexibility index (Phi) is 17.6. The standard InChI is InChI=1S/C35H58IN5O5/c1-5-31(38-18-8-9-21-44-7-3)45-25-28-14-11-20-41(24-28)34(36)39-19-17-29(37)40-30(42)22-26-12-10-13-27(16-15-26)23-35(4,6-2)32-33(43)46-32/h1,8-9,17,19,26-28,31-34,38,43H,6-7,10-16,18,20-25,37H2,2-4H3,(H,40,42)/b9-8-,29-17+,39-19-/t26-,27?,28?,31?,32?,33?,34+,35?/m0/s1. The second kappa shape index (κ2) is 20.8. The van der Waals surface area contributed by atoms with Crippen molar-refractivity contribution < 1.29 is 24.1 Å². The number of nitrogens with zero attached hydrogens (tertiary/aromatic N) is 2. The number of amides is 1. The van der Waals surface area contributed by atoms with Crippen LogP contribution < -0.4 is 16.4 Å². The number of piperidine rings is 1. The number of alkyl halides is 1. The monoisotopic (exact) mass is 755 g/mol. The maximum atomic E-state index is 12.8. The first-order valence-electron chi connectivity index (χ1n) is 17.2. The molecule has 0 aromatic heterocycles. The van der Waals surface area contributed by atoms with Gasteiger partial charge >= 0.3 is 0 Å². The molecule has 11 heteroatoms. The van der Waals surface area contributed by atoms with Crippen LogP contribution in [0.25, 0.3) is 0 Å². The predicted octanol–water partition coefficient (Wildman–Crippen LogP) is 4.67. The zero-order valence-corrected chi connectivity index (χ0v) is 30.3. The highest BCUT2D eigenvalue weighted by molar-refractivity contribution is 14.1. The molecule has 1 amide bonds. The van der Waals surface area contributed by atoms with Crippen LogP contribution in [-0.4, -0.2) is 84.4 Å². The Bertz CT molecular complexity index is 1050. The quantitative estimate of drug-likeness (QED) is 0.0143. The molecule has 46 heavy (non-hydrogen) atoms. The summed E-state index contributed by atoms with van der Waals surface area (Å²) in [5, 5.41) is 15.9. The molecule has 5 N–H and O–H groups in total. The molecule has 3 fully saturated rings. The minimum Gasteiger partial charge on any atom is -0.385 e. The number of aliphatic hydroxyl groups excluding tert-OH is 1. The largest absolute Gasteiger partial charge is 0.385 e. The summed E-state index contributed by atoms with van der Waals surface area (Å²) >= 11 is 2.33. The van der Waals surface area contributed by atoms with Gasteiger partial charge in [0, 0.05) is 38.9 Å². The highest BCUT2D eigenvalue weighted by Crippen LogP contribution is 2.47. The van der Waals surface area contributed by atoms with Gasteiger partial charge in [-0.05, 0) is 97.3 Å². The Hall–Kier alpha value is -1.53. The van der Waals surface area contributed by atoms with Gasteiger partial charge in [-0.15, -0.1) is 6.42 Å². The summed E-state index contributed by atoms with van der Waals surface area (Å²) < 4.78 is 16.7. The topological polar surface area (TPSA) is 134 Å². The molecule has 2 saturated heterocycles. The van der Waals surface area contributed by atoms with Crippen LogP contribution in [0.2, 0.25) is 0 Å². The fourth-order valence-corrected chi connectivity index (χ4v) is 7.43. The van der Waals surface area contributed by atoms with Crippen molar-refractivity contribution in [1.82, 2.24) is 15.5 Å². The van der Waals surface area contributed by atoms with Crippen molar-refractivity contribution in [1.29, 1.82) is 0 Å². The molecule has 260 valence electrons. The lowest BCUT2D eigenvalue weighted by molar-refractivity contribution is -0.121. The third kappa shape index (κ3) is 13.9. The van der Waals surface area contributed by atoms with E-state index in [-0.39, 0.29) is 21.6 Å². The molecular weight excluding hydrogens is 697 g/mol. The molecule has 2 aliphatic heterocycles. The van der Waals surface area contributed by atoms with E-state index in [9.17, 15) is 9.90 Å². The average Bonchev–Trinajstić information content (AvgIpc) is 3.83. The van der Waals surface area contributed by atoms with Crippen LogP contribution >= 0.6 is 22.6 Å². The highest BCUT2D eigenvalue weighted by Gasteiger charge is 2.51. The molecule has 1 aliphatic carbocycles. The SMILES string of the molecule is C#CC(NC/C=C\COCC)OCC1CCCN([C@H](I)/N=C\C=C(/N)NC(=O)C[C@H]2CCCC(CC(C)(CC)C3OC3O)CC2)C1. The van der Waals surface area contributed by atoms with E-state index in [4.69, 9.17) is 26.4 Å². The van der Waals surface area contributed by atoms with Gasteiger partial charge in [-0.25, -0.2) is 0 Å². The molecular formula is C35H58IN5O5. The van der Waals surface area contributed by atoms with E-state index in [0.717, 1.165) is 64.5 Å². The van der Waals surface area contributed by atoms with Crippen molar-refractivity contribution in [3.05, 3.63) is 24.0 Å². The van der Waals surface area contributed by atoms with Gasteiger partial charge in [0.2, 0.25) is 5.91 Å². The van der Waals surface area contributed by atoms with Gasteiger partial charge in [-0.2, -0.15) is 0 Å². The van der Waals surface area contributed by atoms with E-state index < -0.39 is 12.5 Å². The number of halogens is 1. The van der Waals surface area contributed by atoms with Crippen LogP contribution in [0.15, 0.2) is 29.0 Å². The van der Waals surface area contributed by atoms with Crippen LogP contribution in [-0.2, 0) is 19.0 Å². The van der Waals surface area contributed by atoms with Crippen LogP contribution in [0.4, 0.5) is 0 Å². The van der Waals surface area contributed by atoms with Crippen LogP contribution in [0.3, 0.4) is 0 Å². The number of hydrogen-bond donors (Lipinski definition) is 4. The number of nitrogens with two attached hydrogens (primary N) is 1. The first-order valence-corrected chi connectivity index (χ1v) is 18.5. The Morgan fingerprint density at radius 1 is 1.22 bits per heavy atom. The summed E-state index contributed by atoms with van der Waals surface area (Å²) in [6, 6.07) is 0. The third-order valence-electron chi connectivity index (χ3n) is 9.65. The summed E-state index contributed by atoms with van der Waals surface area (Å²) in [5.41, 5.74) is 6.16. The summed E-state index contributed by atoms with van der Waals surface area (Å²) in [6.45, 7) is 10.8. The van der Waals surface area contributed by atoms with Gasteiger partial charge in [0.05, 0.1) is 13.2 Å². The summed E-state index contributed by atoms with van der Waals surface area (Å²) in [5.74, 6) is 4.31. The Balaban J connectivity index is 1.35. The van der Waals surface area contributed by atoms with Gasteiger partial charge in [-0.3, -0.25) is 20.0 Å². The maximum Gasteiger partial charge on any atom is 0.225 e. The number of aliphatic imine (C=N–C) groups is 1. The van der Waals surface area contributed by atoms with E-state index >= 15 is 0 Å². The van der Waals surface area contributed by atoms with Gasteiger partial charge < -0.3 is 30.4 Å². The van der Waals surface area contributed by atoms with Crippen molar-refractivity contribution in [3.63, 3.8) is 0 Å². The second-order valence-electron chi connectivity index (χ2n) is 13.3. The van der Waals surface area contributed by atoms with Crippen molar-refractivity contribution in [2.75, 3.05) is 39.5 Å². The van der Waals surface area contributed by atoms with E-state index in [2.05, 4.69) is 62.9 Å². The Morgan fingerprint density at radius 2 is 1.96 bits per heavy atom. The smallest absolute Gasteiger partial charge is 0.225 e. The number of carbonyl (C=O) groups is 1. The molecule has 0 aromatic carbocycles. The normalized spacial score (nSPS) is 28.8. The highest BCUT2D eigenvalue weighted by atomic mass is 127. The van der Waals surface area contributed by atoms with Crippen LogP contribution in [0.1, 0.15) is 85.0 Å². The molecule has 2 heterocycles. The number of epoxide rings is 1. The van der Waals surface area contributed by atoms with Gasteiger partial charge in [0.15, 0.2) is 16.7 Å². The van der Waals surface area contributed by atoms with E-state index in [1.54, 1.807) is 12.3 Å². The lowest BCUT2D eigenvalue weighted by Crippen LogP contribution is -2.42. The molecule has 10 nitrogen and oxygen atoms in total. The lowest BCUT2D eigenvalue weighted by atomic mass is 9.74. The predicted molar refractivity (Wildman–Crippen MR) is 192 cm³/mol. The molecule has 6 unspecified atom stereocenters. The first-order chi connectivity index (χ1) is 22.2. The fourth-order valence-electron chi connectivity index (χ4n) is 6.74. The van der Waals surface area contributed by atoms with Crippen molar-refractivity contribution in [2.45, 2.75) is 108 Å². The van der Waals surface area contributed by atoms with Gasteiger partial charge in [0.25, 0.3) is 0 Å². The fraction of sp³-hybridized carbons (Fsp3) is 0.771. The molecule has 3 aliphatic rings. The van der Waals surface area contributed by atoms with Crippen molar-refractivity contribution in [2.24, 2.45) is 33.9 Å². The number of allylic oxidation sites excluding steroid dienone is 1. The molecule has 0 bridgehead atoms. The Morgan fingerprint density at radius 3 is 2.67 bits per heavy atom. The summed E-state index contributed by atoms with van der Waals surface area (Å²) in [4.78, 5) is 19.8. The van der Waals surface area contributed by atoms with Crippen molar-refractivity contribution in [3.8, 4) is 12.3 Å². The van der Waals surface area contributed by atoms with Crippen LogP contribution in [0.5, 0.6) is 0 Å². The lowest BCUT2D eigenvalue weighted by Gasteiger charge is -2.34. The van der Waals surface area contributed by atoms with Crippen molar-refractivity contribution >= 4 is 34.7 Å². The average molecular weight is 756 g/mol.